The number of fused-ring (bicyclic) bond motifs is 2. The number of hydrogen-bond acceptors (Lipinski definition) is 6. The zero-order chi connectivity index (χ0) is 30.0. The Labute approximate surface area is 202 Å². The second-order valence-electron chi connectivity index (χ2n) is 7.32. The van der Waals surface area contributed by atoms with Crippen LogP contribution in [0.2, 0.25) is 0 Å². The van der Waals surface area contributed by atoms with Crippen LogP contribution in [0, 0.1) is 12.7 Å². The molecule has 2 aromatic carbocycles. The summed E-state index contributed by atoms with van der Waals surface area (Å²) in [6, 6.07) is 7.67. The largest absolute Gasteiger partial charge is 0.493 e. The molecule has 0 unspecified atom stereocenters. The lowest BCUT2D eigenvalue weighted by atomic mass is 10.2. The third-order valence-corrected chi connectivity index (χ3v) is 5.08. The number of aromatic amines is 1. The molecule has 7 nitrogen and oxygen atoms in total. The summed E-state index contributed by atoms with van der Waals surface area (Å²) in [5.41, 5.74) is 1.68. The molecule has 172 valence electrons. The van der Waals surface area contributed by atoms with Gasteiger partial charge in [0.05, 0.1) is 24.6 Å². The molecule has 0 saturated carbocycles. The van der Waals surface area contributed by atoms with Crippen LogP contribution >= 0.6 is 0 Å². The van der Waals surface area contributed by atoms with Crippen LogP contribution < -0.4 is 14.2 Å². The second-order valence-corrected chi connectivity index (χ2v) is 7.32. The van der Waals surface area contributed by atoms with Crippen molar-refractivity contribution in [2.75, 3.05) is 33.2 Å². The van der Waals surface area contributed by atoms with Crippen molar-refractivity contribution >= 4 is 21.8 Å². The zero-order valence-corrected chi connectivity index (χ0v) is 18.0. The quantitative estimate of drug-likeness (QED) is 0.390. The summed E-state index contributed by atoms with van der Waals surface area (Å²) >= 11 is 0. The molecule has 1 N–H and O–H groups in total. The van der Waals surface area contributed by atoms with Gasteiger partial charge in [-0.15, -0.1) is 0 Å². The summed E-state index contributed by atoms with van der Waals surface area (Å²) in [5, 5.41) is 0.689. The molecule has 1 aliphatic heterocycles. The number of H-pyrrole nitrogens is 1. The maximum atomic E-state index is 15.1. The van der Waals surface area contributed by atoms with Crippen molar-refractivity contribution < 1.29 is 29.6 Å². The van der Waals surface area contributed by atoms with Crippen LogP contribution in [0.15, 0.2) is 36.7 Å². The fourth-order valence-electron chi connectivity index (χ4n) is 3.56. The van der Waals surface area contributed by atoms with E-state index >= 15 is 4.39 Å². The summed E-state index contributed by atoms with van der Waals surface area (Å²) in [5.74, 6) is -0.526. The highest BCUT2D eigenvalue weighted by Gasteiger charge is 2.17. The number of halogens is 1. The van der Waals surface area contributed by atoms with Crippen molar-refractivity contribution in [1.82, 2.24) is 19.9 Å². The van der Waals surface area contributed by atoms with E-state index in [1.165, 1.54) is 31.6 Å². The molecule has 1 fully saturated rings. The van der Waals surface area contributed by atoms with Gasteiger partial charge in [-0.1, -0.05) is 0 Å². The van der Waals surface area contributed by atoms with E-state index in [9.17, 15) is 0 Å². The minimum Gasteiger partial charge on any atom is -0.493 e. The maximum Gasteiger partial charge on any atom is 0.230 e. The molecule has 0 amide bonds. The molecular weight excluding hydrogens is 423 g/mol. The van der Waals surface area contributed by atoms with Crippen LogP contribution in [0.3, 0.4) is 0 Å². The number of aromatic nitrogens is 3. The Hall–Kier alpha value is -3.39. The van der Waals surface area contributed by atoms with Gasteiger partial charge < -0.3 is 24.1 Å². The van der Waals surface area contributed by atoms with E-state index in [4.69, 9.17) is 25.2 Å². The number of benzene rings is 2. The normalized spacial score (nSPS) is 21.8. The van der Waals surface area contributed by atoms with Crippen molar-refractivity contribution in [3.8, 4) is 23.1 Å². The van der Waals surface area contributed by atoms with Crippen molar-refractivity contribution in [2.24, 2.45) is 0 Å². The summed E-state index contributed by atoms with van der Waals surface area (Å²) in [4.78, 5) is 11.7. The van der Waals surface area contributed by atoms with Crippen molar-refractivity contribution in [3.05, 3.63) is 48.2 Å². The average molecular weight is 459 g/mol. The minimum atomic E-state index is -3.08. The van der Waals surface area contributed by atoms with Gasteiger partial charge in [0.1, 0.15) is 6.33 Å². The fourth-order valence-corrected chi connectivity index (χ4v) is 3.56. The number of ether oxygens (including phenoxy) is 3. The first-order chi connectivity index (χ1) is 19.1. The highest BCUT2D eigenvalue weighted by Crippen LogP contribution is 2.37. The number of hydrogen-bond donors (Lipinski definition) is 1. The summed E-state index contributed by atoms with van der Waals surface area (Å²) < 4.78 is 97.9. The van der Waals surface area contributed by atoms with Crippen LogP contribution in [-0.4, -0.2) is 53.1 Å². The predicted octanol–water partition coefficient (Wildman–Crippen LogP) is 5.22. The van der Waals surface area contributed by atoms with Crippen LogP contribution in [0.4, 0.5) is 4.39 Å². The Kier molecular flexibility index (Phi) is 3.92. The average Bonchev–Trinajstić information content (AvgIpc) is 3.38. The van der Waals surface area contributed by atoms with Crippen molar-refractivity contribution in [1.29, 1.82) is 0 Å². The first kappa shape index (κ1) is 14.0. The van der Waals surface area contributed by atoms with E-state index < -0.39 is 38.3 Å². The smallest absolute Gasteiger partial charge is 0.230 e. The molecule has 1 saturated heterocycles. The molecule has 0 bridgehead atoms. The van der Waals surface area contributed by atoms with E-state index in [-0.39, 0.29) is 41.5 Å². The zero-order valence-electron chi connectivity index (χ0n) is 26.0. The summed E-state index contributed by atoms with van der Waals surface area (Å²) in [6.07, 6.45) is -2.24. The van der Waals surface area contributed by atoms with Gasteiger partial charge in [-0.2, -0.15) is 0 Å². The van der Waals surface area contributed by atoms with Gasteiger partial charge in [-0.3, -0.25) is 0 Å². The van der Waals surface area contributed by atoms with Gasteiger partial charge in [-0.25, -0.2) is 14.4 Å². The van der Waals surface area contributed by atoms with Crippen molar-refractivity contribution in [3.63, 3.8) is 0 Å². The Bertz CT molecular complexity index is 1620. The number of rotatable bonds is 8. The van der Waals surface area contributed by atoms with Crippen LogP contribution in [-0.2, 0) is 0 Å². The molecule has 5 rings (SSSR count). The topological polar surface area (TPSA) is 72.5 Å². The third-order valence-electron chi connectivity index (χ3n) is 5.08. The van der Waals surface area contributed by atoms with Gasteiger partial charge in [0.25, 0.3) is 0 Å². The Balaban J connectivity index is 1.43. The Morgan fingerprint density at radius 2 is 1.97 bits per heavy atom. The van der Waals surface area contributed by atoms with Gasteiger partial charge in [0.15, 0.2) is 23.1 Å². The molecule has 4 aromatic rings. The van der Waals surface area contributed by atoms with Gasteiger partial charge >= 0.3 is 0 Å². The summed E-state index contributed by atoms with van der Waals surface area (Å²) in [6.45, 7) is -6.98. The molecule has 8 heteroatoms. The van der Waals surface area contributed by atoms with Crippen LogP contribution in [0.1, 0.15) is 35.9 Å². The van der Waals surface area contributed by atoms with Crippen molar-refractivity contribution in [2.45, 2.75) is 26.1 Å². The van der Waals surface area contributed by atoms with Gasteiger partial charge in [0, 0.05) is 40.1 Å². The first-order valence-electron chi connectivity index (χ1n) is 14.3. The van der Waals surface area contributed by atoms with E-state index in [2.05, 4.69) is 15.0 Å². The Morgan fingerprint density at radius 3 is 2.79 bits per heavy atom. The molecule has 0 radical (unpaired) electrons. The lowest BCUT2D eigenvalue weighted by Gasteiger charge is -2.16. The predicted molar refractivity (Wildman–Crippen MR) is 125 cm³/mol. The lowest BCUT2D eigenvalue weighted by molar-refractivity contribution is 0.254. The number of nitrogens with zero attached hydrogens (tertiary/aromatic N) is 3. The van der Waals surface area contributed by atoms with Gasteiger partial charge in [0.2, 0.25) is 5.88 Å². The van der Waals surface area contributed by atoms with Crippen LogP contribution in [0.25, 0.3) is 21.8 Å². The number of aryl methyl sites for hydroxylation is 1. The fraction of sp³-hybridized carbons (Fsp3) is 0.360. The molecule has 3 heterocycles. The first-order valence-corrected chi connectivity index (χ1v) is 10.3. The van der Waals surface area contributed by atoms with E-state index in [0.29, 0.717) is 21.2 Å². The highest BCUT2D eigenvalue weighted by molar-refractivity contribution is 5.87. The summed E-state index contributed by atoms with van der Waals surface area (Å²) in [7, 11) is 1.33. The van der Waals surface area contributed by atoms with E-state index in [1.54, 1.807) is 12.1 Å². The van der Waals surface area contributed by atoms with Gasteiger partial charge in [-0.05, 0) is 63.4 Å². The molecule has 0 spiro atoms. The molecule has 33 heavy (non-hydrogen) atoms. The number of nitrogens with one attached hydrogen (secondary N) is 1. The maximum absolute atomic E-state index is 15.1. The van der Waals surface area contributed by atoms with Crippen LogP contribution in [0.5, 0.6) is 23.1 Å². The SMILES string of the molecule is [2H]C1([2H])CCC([2H])([2H])N1C([2H])([2H])C([2H])([2H])COc1cc2ncnc(Oc3ccc4[nH]c(C)cc4c3F)c2cc1OC. The third kappa shape index (κ3) is 4.43. The molecule has 1 aliphatic rings. The molecule has 0 aliphatic carbocycles. The Morgan fingerprint density at radius 1 is 1.12 bits per heavy atom. The lowest BCUT2D eigenvalue weighted by Crippen LogP contribution is -2.21. The molecular formula is C25H27FN4O3. The molecule has 0 atom stereocenters. The second kappa shape index (κ2) is 9.23. The highest BCUT2D eigenvalue weighted by atomic mass is 19.1. The molecule has 2 aromatic heterocycles. The number of methoxy groups -OCH3 is 1. The van der Waals surface area contributed by atoms with E-state index in [1.807, 2.05) is 6.92 Å². The number of likely N-dealkylation sites (tertiary alicyclic amines) is 1. The minimum absolute atomic E-state index is 0.00725. The standard InChI is InChI=1S/C25H27FN4O3/c1-16-12-17-19(29-16)6-7-21(24(17)26)33-25-18-13-22(31-2)23(14-20(18)27-15-28-25)32-11-5-10-30-8-3-4-9-30/h6-7,12-15,29H,3-5,8-11H2,1-2H3/i5D2,8D2,9D2,10D2. The van der Waals surface area contributed by atoms with E-state index in [0.717, 1.165) is 5.69 Å². The monoisotopic (exact) mass is 458 g/mol.